The molecule has 5 bridgehead atoms. The van der Waals surface area contributed by atoms with Crippen LogP contribution in [0.3, 0.4) is 0 Å². The maximum Gasteiger partial charge on any atom is 0.410 e. The first-order valence-corrected chi connectivity index (χ1v) is 13.3. The van der Waals surface area contributed by atoms with Gasteiger partial charge in [-0.25, -0.2) is 14.4 Å². The number of cyclic esters (lactones) is 1. The van der Waals surface area contributed by atoms with Crippen molar-refractivity contribution in [3.8, 4) is 5.75 Å². The molecule has 11 heteroatoms. The van der Waals surface area contributed by atoms with Crippen LogP contribution < -0.4 is 10.1 Å². The SMILES string of the molecule is CC(C)(C)[C@@H]1NC(=O)OCCCCC=CCOc2ccc3c(c2)CN(C3)C(=O)O[C@@H]2CC(C(=O)O)N(C2)C1=O. The molecule has 0 saturated carbocycles. The summed E-state index contributed by atoms with van der Waals surface area (Å²) in [5, 5.41) is 12.5. The van der Waals surface area contributed by atoms with E-state index < -0.39 is 47.7 Å². The molecule has 0 radical (unpaired) electrons. The highest BCUT2D eigenvalue weighted by molar-refractivity contribution is 5.90. The van der Waals surface area contributed by atoms with Crippen LogP contribution in [0.15, 0.2) is 30.4 Å². The molecule has 2 N–H and O–H groups in total. The van der Waals surface area contributed by atoms with Crippen molar-refractivity contribution in [2.24, 2.45) is 5.41 Å². The van der Waals surface area contributed by atoms with Gasteiger partial charge in [-0.05, 0) is 47.9 Å². The van der Waals surface area contributed by atoms with Gasteiger partial charge in [0.1, 0.15) is 30.5 Å². The molecule has 0 spiro atoms. The van der Waals surface area contributed by atoms with E-state index >= 15 is 0 Å². The molecule has 0 aromatic heterocycles. The van der Waals surface area contributed by atoms with E-state index in [2.05, 4.69) is 5.32 Å². The van der Waals surface area contributed by atoms with Crippen LogP contribution in [0.5, 0.6) is 5.75 Å². The molecule has 1 aromatic rings. The van der Waals surface area contributed by atoms with Gasteiger partial charge in [0, 0.05) is 19.5 Å². The lowest BCUT2D eigenvalue weighted by Crippen LogP contribution is -2.57. The molecule has 11 nitrogen and oxygen atoms in total. The summed E-state index contributed by atoms with van der Waals surface area (Å²) in [5.74, 6) is -1.06. The number of carboxylic acid groups (broad SMARTS) is 1. The van der Waals surface area contributed by atoms with Crippen LogP contribution in [0.2, 0.25) is 0 Å². The van der Waals surface area contributed by atoms with Gasteiger partial charge in [0.25, 0.3) is 0 Å². The minimum atomic E-state index is -1.20. The van der Waals surface area contributed by atoms with Crippen molar-refractivity contribution in [1.82, 2.24) is 15.1 Å². The van der Waals surface area contributed by atoms with Gasteiger partial charge in [0.2, 0.25) is 5.91 Å². The van der Waals surface area contributed by atoms with Crippen LogP contribution in [0, 0.1) is 5.41 Å². The summed E-state index contributed by atoms with van der Waals surface area (Å²) >= 11 is 0. The Morgan fingerprint density at radius 1 is 1.05 bits per heavy atom. The second-order valence-corrected chi connectivity index (χ2v) is 11.2. The number of fused-ring (bicyclic) bond motifs is 4. The first-order chi connectivity index (χ1) is 18.5. The van der Waals surface area contributed by atoms with Crippen molar-refractivity contribution < 1.29 is 38.5 Å². The molecule has 1 fully saturated rings. The van der Waals surface area contributed by atoms with E-state index in [1.165, 1.54) is 4.90 Å². The van der Waals surface area contributed by atoms with Crippen LogP contribution in [-0.4, -0.2) is 76.9 Å². The quantitative estimate of drug-likeness (QED) is 0.515. The van der Waals surface area contributed by atoms with E-state index in [1.54, 1.807) is 25.7 Å². The number of benzene rings is 1. The zero-order valence-corrected chi connectivity index (χ0v) is 22.7. The Morgan fingerprint density at radius 3 is 2.56 bits per heavy atom. The van der Waals surface area contributed by atoms with Gasteiger partial charge >= 0.3 is 18.2 Å². The second kappa shape index (κ2) is 12.0. The van der Waals surface area contributed by atoms with Crippen LogP contribution in [0.1, 0.15) is 57.6 Å². The summed E-state index contributed by atoms with van der Waals surface area (Å²) in [7, 11) is 0. The highest BCUT2D eigenvalue weighted by Crippen LogP contribution is 2.30. The fourth-order valence-corrected chi connectivity index (χ4v) is 5.00. The van der Waals surface area contributed by atoms with Crippen molar-refractivity contribution in [3.05, 3.63) is 41.5 Å². The predicted molar refractivity (Wildman–Crippen MR) is 140 cm³/mol. The van der Waals surface area contributed by atoms with Crippen LogP contribution in [0.25, 0.3) is 0 Å². The molecule has 212 valence electrons. The molecule has 3 aliphatic heterocycles. The average molecular weight is 544 g/mol. The van der Waals surface area contributed by atoms with E-state index in [-0.39, 0.29) is 19.6 Å². The summed E-state index contributed by atoms with van der Waals surface area (Å²) in [6.07, 6.45) is 4.04. The van der Waals surface area contributed by atoms with Crippen molar-refractivity contribution in [2.75, 3.05) is 19.8 Å². The molecular formula is C28H37N3O8. The van der Waals surface area contributed by atoms with Gasteiger partial charge in [-0.2, -0.15) is 0 Å². The molecule has 1 aromatic carbocycles. The first-order valence-electron chi connectivity index (χ1n) is 13.3. The Bertz CT molecular complexity index is 1130. The lowest BCUT2D eigenvalue weighted by molar-refractivity contribution is -0.150. The number of nitrogens with one attached hydrogen (secondary N) is 1. The lowest BCUT2D eigenvalue weighted by Gasteiger charge is -2.34. The first kappa shape index (κ1) is 28.3. The van der Waals surface area contributed by atoms with Crippen molar-refractivity contribution in [2.45, 2.75) is 77.7 Å². The number of aliphatic carboxylic acids is 1. The molecule has 4 rings (SSSR count). The summed E-state index contributed by atoms with van der Waals surface area (Å²) in [5.41, 5.74) is 1.22. The van der Waals surface area contributed by atoms with Gasteiger partial charge < -0.3 is 29.5 Å². The summed E-state index contributed by atoms with van der Waals surface area (Å²) in [6, 6.07) is 3.49. The fraction of sp³-hybridized carbons (Fsp3) is 0.571. The molecule has 1 unspecified atom stereocenters. The molecule has 1 saturated heterocycles. The third-order valence-corrected chi connectivity index (χ3v) is 7.14. The van der Waals surface area contributed by atoms with Crippen molar-refractivity contribution in [3.63, 3.8) is 0 Å². The summed E-state index contributed by atoms with van der Waals surface area (Å²) in [4.78, 5) is 53.9. The molecule has 3 amide bonds. The minimum Gasteiger partial charge on any atom is -0.490 e. The number of hydrogen-bond acceptors (Lipinski definition) is 7. The second-order valence-electron chi connectivity index (χ2n) is 11.2. The minimum absolute atomic E-state index is 0.0413. The molecule has 3 heterocycles. The van der Waals surface area contributed by atoms with Crippen LogP contribution in [0.4, 0.5) is 9.59 Å². The molecule has 0 aliphatic carbocycles. The Kier molecular flexibility index (Phi) is 8.66. The van der Waals surface area contributed by atoms with Gasteiger partial charge in [-0.1, -0.05) is 39.0 Å². The number of rotatable bonds is 1. The Balaban J connectivity index is 1.54. The highest BCUT2D eigenvalue weighted by atomic mass is 16.6. The van der Waals surface area contributed by atoms with Gasteiger partial charge in [-0.15, -0.1) is 0 Å². The molecule has 39 heavy (non-hydrogen) atoms. The van der Waals surface area contributed by atoms with E-state index in [4.69, 9.17) is 14.2 Å². The molecule has 3 aliphatic rings. The number of nitrogens with zero attached hydrogens (tertiary/aromatic N) is 2. The smallest absolute Gasteiger partial charge is 0.410 e. The highest BCUT2D eigenvalue weighted by Gasteiger charge is 2.46. The Morgan fingerprint density at radius 2 is 1.82 bits per heavy atom. The normalized spacial score (nSPS) is 25.1. The Labute approximate surface area is 228 Å². The van der Waals surface area contributed by atoms with E-state index in [0.717, 1.165) is 24.0 Å². The third-order valence-electron chi connectivity index (χ3n) is 7.14. The average Bonchev–Trinajstić information content (AvgIpc) is 3.49. The summed E-state index contributed by atoms with van der Waals surface area (Å²) < 4.78 is 16.8. The van der Waals surface area contributed by atoms with E-state index in [1.807, 2.05) is 30.4 Å². The molecule has 3 atom stereocenters. The number of amides is 3. The third kappa shape index (κ3) is 7.01. The number of carbonyl (C=O) groups is 4. The number of carbonyl (C=O) groups excluding carboxylic acids is 3. The van der Waals surface area contributed by atoms with E-state index in [0.29, 0.717) is 31.9 Å². The van der Waals surface area contributed by atoms with Gasteiger partial charge in [0.15, 0.2) is 0 Å². The lowest BCUT2D eigenvalue weighted by atomic mass is 9.85. The number of allylic oxidation sites excluding steroid dienone is 1. The van der Waals surface area contributed by atoms with Gasteiger partial charge in [0.05, 0.1) is 13.2 Å². The van der Waals surface area contributed by atoms with E-state index in [9.17, 15) is 24.3 Å². The number of carboxylic acids is 1. The maximum absolute atomic E-state index is 13.6. The maximum atomic E-state index is 13.6. The fourth-order valence-electron chi connectivity index (χ4n) is 5.00. The number of hydrogen-bond donors (Lipinski definition) is 2. The van der Waals surface area contributed by atoms with Crippen molar-refractivity contribution in [1.29, 1.82) is 0 Å². The number of ether oxygens (including phenoxy) is 3. The topological polar surface area (TPSA) is 135 Å². The predicted octanol–water partition coefficient (Wildman–Crippen LogP) is 3.45. The zero-order chi connectivity index (χ0) is 28.2. The monoisotopic (exact) mass is 543 g/mol. The largest absolute Gasteiger partial charge is 0.490 e. The number of alkyl carbamates (subject to hydrolysis) is 1. The van der Waals surface area contributed by atoms with Crippen LogP contribution >= 0.6 is 0 Å². The van der Waals surface area contributed by atoms with Crippen LogP contribution in [-0.2, 0) is 32.2 Å². The molecular weight excluding hydrogens is 506 g/mol. The van der Waals surface area contributed by atoms with Gasteiger partial charge in [-0.3, -0.25) is 9.69 Å². The summed E-state index contributed by atoms with van der Waals surface area (Å²) in [6.45, 7) is 6.55. The van der Waals surface area contributed by atoms with Crippen molar-refractivity contribution >= 4 is 24.1 Å². The Hall–Kier alpha value is -3.76. The standard InChI is InChI=1S/C28H37N3O8/c1-28(2,3)23-24(32)31-17-21(14-22(31)25(33)34)39-27(36)30-15-18-9-10-20(13-19(18)16-30)37-11-7-5-4-6-8-12-38-26(35)29-23/h5,7,9-10,13,21-23H,4,6,8,11-12,14-17H2,1-3H3,(H,29,35)(H,33,34)/t21-,22?,23-/m1/s1. The zero-order valence-electron chi connectivity index (χ0n) is 22.7.